The number of hydrogen-bond donors (Lipinski definition) is 1. The molecule has 1 aromatic carbocycles. The van der Waals surface area contributed by atoms with E-state index in [1.807, 2.05) is 12.1 Å². The molecule has 0 amide bonds. The van der Waals surface area contributed by atoms with Crippen LogP contribution in [0.3, 0.4) is 0 Å². The Morgan fingerprint density at radius 2 is 1.83 bits per heavy atom. The van der Waals surface area contributed by atoms with Crippen molar-refractivity contribution in [1.29, 1.82) is 0 Å². The molecule has 18 heavy (non-hydrogen) atoms. The summed E-state index contributed by atoms with van der Waals surface area (Å²) in [6.45, 7) is 4.41. The molecule has 1 saturated carbocycles. The molecule has 0 bridgehead atoms. The lowest BCUT2D eigenvalue weighted by atomic mass is 9.80. The Hall–Kier alpha value is -0.890. The summed E-state index contributed by atoms with van der Waals surface area (Å²) >= 11 is 0. The maximum absolute atomic E-state index is 12.9. The van der Waals surface area contributed by atoms with Gasteiger partial charge in [-0.25, -0.2) is 4.39 Å². The van der Waals surface area contributed by atoms with Gasteiger partial charge in [-0.15, -0.1) is 0 Å². The first kappa shape index (κ1) is 13.5. The van der Waals surface area contributed by atoms with Gasteiger partial charge in [-0.05, 0) is 55.3 Å². The summed E-state index contributed by atoms with van der Waals surface area (Å²) in [5.74, 6) is -0.136. The zero-order chi connectivity index (χ0) is 12.8. The molecule has 0 heterocycles. The smallest absolute Gasteiger partial charge is 0.123 e. The van der Waals surface area contributed by atoms with Gasteiger partial charge in [0.05, 0.1) is 0 Å². The van der Waals surface area contributed by atoms with Crippen LogP contribution < -0.4 is 5.32 Å². The highest BCUT2D eigenvalue weighted by Gasteiger charge is 2.33. The largest absolute Gasteiger partial charge is 0.316 e. The van der Waals surface area contributed by atoms with Crippen LogP contribution in [0.25, 0.3) is 0 Å². The predicted molar refractivity (Wildman–Crippen MR) is 74.2 cm³/mol. The molecule has 0 unspecified atom stereocenters. The molecule has 2 rings (SSSR count). The van der Waals surface area contributed by atoms with Gasteiger partial charge in [0.2, 0.25) is 0 Å². The Labute approximate surface area is 110 Å². The second-order valence-corrected chi connectivity index (χ2v) is 5.69. The molecule has 2 heteroatoms. The first-order valence-corrected chi connectivity index (χ1v) is 7.19. The van der Waals surface area contributed by atoms with Crippen LogP contribution in [0.1, 0.15) is 44.6 Å². The van der Waals surface area contributed by atoms with E-state index in [0.717, 1.165) is 19.5 Å². The molecule has 1 aliphatic carbocycles. The number of hydrogen-bond acceptors (Lipinski definition) is 1. The number of halogens is 1. The van der Waals surface area contributed by atoms with Crippen LogP contribution in [0.5, 0.6) is 0 Å². The molecule has 0 aliphatic heterocycles. The summed E-state index contributed by atoms with van der Waals surface area (Å²) in [7, 11) is 0. The van der Waals surface area contributed by atoms with Gasteiger partial charge in [0.15, 0.2) is 0 Å². The lowest BCUT2D eigenvalue weighted by Crippen LogP contribution is -2.34. The fraction of sp³-hybridized carbons (Fsp3) is 0.625. The van der Waals surface area contributed by atoms with Gasteiger partial charge in [0.1, 0.15) is 5.82 Å². The highest BCUT2D eigenvalue weighted by molar-refractivity contribution is 5.18. The first-order chi connectivity index (χ1) is 8.74. The summed E-state index contributed by atoms with van der Waals surface area (Å²) < 4.78 is 12.9. The maximum Gasteiger partial charge on any atom is 0.123 e. The van der Waals surface area contributed by atoms with Crippen molar-refractivity contribution in [2.75, 3.05) is 13.1 Å². The highest BCUT2D eigenvalue weighted by Crippen LogP contribution is 2.40. The highest BCUT2D eigenvalue weighted by atomic mass is 19.1. The third-order valence-corrected chi connectivity index (χ3v) is 4.08. The molecule has 1 aromatic rings. The molecule has 0 aromatic heterocycles. The van der Waals surface area contributed by atoms with Crippen molar-refractivity contribution in [2.24, 2.45) is 5.41 Å². The van der Waals surface area contributed by atoms with Gasteiger partial charge in [-0.1, -0.05) is 31.9 Å². The zero-order valence-electron chi connectivity index (χ0n) is 11.3. The molecule has 1 N–H and O–H groups in total. The van der Waals surface area contributed by atoms with E-state index in [2.05, 4.69) is 12.2 Å². The Morgan fingerprint density at radius 1 is 1.17 bits per heavy atom. The third kappa shape index (κ3) is 3.55. The van der Waals surface area contributed by atoms with E-state index in [-0.39, 0.29) is 5.82 Å². The minimum atomic E-state index is -0.136. The van der Waals surface area contributed by atoms with E-state index in [1.54, 1.807) is 12.1 Å². The molecule has 1 fully saturated rings. The van der Waals surface area contributed by atoms with Gasteiger partial charge in [-0.3, -0.25) is 0 Å². The van der Waals surface area contributed by atoms with Crippen molar-refractivity contribution < 1.29 is 4.39 Å². The van der Waals surface area contributed by atoms with Crippen LogP contribution in [-0.2, 0) is 6.42 Å². The van der Waals surface area contributed by atoms with Gasteiger partial charge in [0.25, 0.3) is 0 Å². The van der Waals surface area contributed by atoms with Gasteiger partial charge >= 0.3 is 0 Å². The van der Waals surface area contributed by atoms with Gasteiger partial charge in [-0.2, -0.15) is 0 Å². The summed E-state index contributed by atoms with van der Waals surface area (Å²) in [4.78, 5) is 0. The van der Waals surface area contributed by atoms with Crippen LogP contribution in [-0.4, -0.2) is 13.1 Å². The minimum Gasteiger partial charge on any atom is -0.316 e. The van der Waals surface area contributed by atoms with Crippen LogP contribution in [0.4, 0.5) is 4.39 Å². The molecular formula is C16H24FN. The van der Waals surface area contributed by atoms with Crippen molar-refractivity contribution in [2.45, 2.75) is 45.4 Å². The standard InChI is InChI=1S/C16H24FN/c1-2-11-18-13-16(9-3-4-10-16)12-14-5-7-15(17)8-6-14/h5-8,18H,2-4,9-13H2,1H3. The molecular weight excluding hydrogens is 225 g/mol. The Morgan fingerprint density at radius 3 is 2.44 bits per heavy atom. The quantitative estimate of drug-likeness (QED) is 0.753. The SMILES string of the molecule is CCCNCC1(Cc2ccc(F)cc2)CCCC1. The topological polar surface area (TPSA) is 12.0 Å². The fourth-order valence-corrected chi connectivity index (χ4v) is 3.11. The van der Waals surface area contributed by atoms with Crippen LogP contribution >= 0.6 is 0 Å². The lowest BCUT2D eigenvalue weighted by molar-refractivity contribution is 0.278. The molecule has 0 spiro atoms. The monoisotopic (exact) mass is 249 g/mol. The van der Waals surface area contributed by atoms with Crippen molar-refractivity contribution >= 4 is 0 Å². The number of nitrogens with one attached hydrogen (secondary N) is 1. The van der Waals surface area contributed by atoms with Crippen molar-refractivity contribution in [3.8, 4) is 0 Å². The van der Waals surface area contributed by atoms with Crippen molar-refractivity contribution in [3.05, 3.63) is 35.6 Å². The zero-order valence-corrected chi connectivity index (χ0v) is 11.3. The lowest BCUT2D eigenvalue weighted by Gasteiger charge is -2.29. The van der Waals surface area contributed by atoms with Crippen molar-refractivity contribution in [1.82, 2.24) is 5.32 Å². The van der Waals surface area contributed by atoms with Crippen molar-refractivity contribution in [3.63, 3.8) is 0 Å². The average Bonchev–Trinajstić information content (AvgIpc) is 2.82. The molecule has 0 atom stereocenters. The third-order valence-electron chi connectivity index (χ3n) is 4.08. The number of rotatable bonds is 6. The van der Waals surface area contributed by atoms with E-state index in [0.29, 0.717) is 5.41 Å². The normalized spacial score (nSPS) is 18.1. The van der Waals surface area contributed by atoms with Crippen LogP contribution in [0.15, 0.2) is 24.3 Å². The first-order valence-electron chi connectivity index (χ1n) is 7.19. The molecule has 0 saturated heterocycles. The second kappa shape index (κ2) is 6.33. The Balaban J connectivity index is 1.99. The van der Waals surface area contributed by atoms with E-state index >= 15 is 0 Å². The summed E-state index contributed by atoms with van der Waals surface area (Å²) in [6, 6.07) is 7.04. The van der Waals surface area contributed by atoms with Crippen LogP contribution in [0, 0.1) is 11.2 Å². The van der Waals surface area contributed by atoms with Crippen LogP contribution in [0.2, 0.25) is 0 Å². The summed E-state index contributed by atoms with van der Waals surface area (Å²) in [5, 5.41) is 3.58. The average molecular weight is 249 g/mol. The second-order valence-electron chi connectivity index (χ2n) is 5.69. The Kier molecular flexibility index (Phi) is 4.76. The van der Waals surface area contributed by atoms with Gasteiger partial charge < -0.3 is 5.32 Å². The Bertz CT molecular complexity index is 352. The minimum absolute atomic E-state index is 0.136. The van der Waals surface area contributed by atoms with E-state index in [1.165, 1.54) is 37.7 Å². The summed E-state index contributed by atoms with van der Waals surface area (Å²) in [6.07, 6.45) is 7.57. The van der Waals surface area contributed by atoms with E-state index < -0.39 is 0 Å². The fourth-order valence-electron chi connectivity index (χ4n) is 3.11. The predicted octanol–water partition coefficient (Wildman–Crippen LogP) is 3.93. The molecule has 1 aliphatic rings. The van der Waals surface area contributed by atoms with E-state index in [4.69, 9.17) is 0 Å². The maximum atomic E-state index is 12.9. The number of benzene rings is 1. The van der Waals surface area contributed by atoms with E-state index in [9.17, 15) is 4.39 Å². The molecule has 0 radical (unpaired) electrons. The van der Waals surface area contributed by atoms with Gasteiger partial charge in [0, 0.05) is 6.54 Å². The molecule has 100 valence electrons. The summed E-state index contributed by atoms with van der Waals surface area (Å²) in [5.41, 5.74) is 1.68. The molecule has 1 nitrogen and oxygen atoms in total.